The van der Waals surface area contributed by atoms with Gasteiger partial charge in [0, 0.05) is 32.2 Å². The number of piperazine rings is 1. The Kier molecular flexibility index (Phi) is 5.45. The first-order chi connectivity index (χ1) is 12.0. The van der Waals surface area contributed by atoms with Gasteiger partial charge in [-0.15, -0.1) is 0 Å². The van der Waals surface area contributed by atoms with Crippen LogP contribution in [0.2, 0.25) is 0 Å². The minimum absolute atomic E-state index is 0.00490. The van der Waals surface area contributed by atoms with Crippen LogP contribution in [0.1, 0.15) is 12.7 Å². The Morgan fingerprint density at radius 1 is 1.24 bits per heavy atom. The summed E-state index contributed by atoms with van der Waals surface area (Å²) in [5.41, 5.74) is -0.00490. The van der Waals surface area contributed by atoms with Crippen LogP contribution in [0.5, 0.6) is 0 Å². The Bertz CT molecular complexity index is 713. The molecule has 1 N–H and O–H groups in total. The number of halogens is 2. The van der Waals surface area contributed by atoms with E-state index < -0.39 is 17.7 Å². The van der Waals surface area contributed by atoms with E-state index in [1.807, 2.05) is 12.1 Å². The number of hydrogen-bond donors (Lipinski definition) is 1. The molecule has 1 fully saturated rings. The average Bonchev–Trinajstić information content (AvgIpc) is 3.10. The molecule has 0 bridgehead atoms. The largest absolute Gasteiger partial charge is 0.468 e. The molecule has 0 unspecified atom stereocenters. The molecule has 0 radical (unpaired) electrons. The quantitative estimate of drug-likeness (QED) is 0.902. The summed E-state index contributed by atoms with van der Waals surface area (Å²) >= 11 is 0. The van der Waals surface area contributed by atoms with Gasteiger partial charge in [-0.25, -0.2) is 8.78 Å². The summed E-state index contributed by atoms with van der Waals surface area (Å²) in [5.74, 6) is -0.823. The molecule has 0 aliphatic carbocycles. The zero-order valence-electron chi connectivity index (χ0n) is 14.0. The third-order valence-corrected chi connectivity index (χ3v) is 4.48. The summed E-state index contributed by atoms with van der Waals surface area (Å²) in [5, 5.41) is 2.53. The van der Waals surface area contributed by atoms with Crippen molar-refractivity contribution in [3.63, 3.8) is 0 Å². The predicted molar refractivity (Wildman–Crippen MR) is 90.0 cm³/mol. The summed E-state index contributed by atoms with van der Waals surface area (Å²) in [6, 6.07) is 6.53. The Morgan fingerprint density at radius 2 is 2.00 bits per heavy atom. The van der Waals surface area contributed by atoms with Crippen LogP contribution in [0.3, 0.4) is 0 Å². The molecule has 2 heterocycles. The lowest BCUT2D eigenvalue weighted by Gasteiger charge is -2.37. The van der Waals surface area contributed by atoms with Gasteiger partial charge in [0.05, 0.1) is 24.5 Å². The van der Waals surface area contributed by atoms with Crippen LogP contribution in [0.25, 0.3) is 0 Å². The van der Waals surface area contributed by atoms with E-state index in [0.717, 1.165) is 50.6 Å². The standard InChI is InChI=1S/C18H21F2N3O2/c1-13(18(24)21-17-5-4-14(19)11-16(17)20)23-8-6-22(7-9-23)12-15-3-2-10-25-15/h2-5,10-11,13H,6-9,12H2,1H3,(H,21,24)/t13-/m0/s1. The zero-order chi connectivity index (χ0) is 17.8. The minimum Gasteiger partial charge on any atom is -0.468 e. The molecule has 7 heteroatoms. The van der Waals surface area contributed by atoms with Crippen LogP contribution in [0.4, 0.5) is 14.5 Å². The number of nitrogens with one attached hydrogen (secondary N) is 1. The minimum atomic E-state index is -0.774. The third kappa shape index (κ3) is 4.43. The first kappa shape index (κ1) is 17.6. The van der Waals surface area contributed by atoms with Crippen molar-refractivity contribution < 1.29 is 18.0 Å². The maximum absolute atomic E-state index is 13.7. The monoisotopic (exact) mass is 349 g/mol. The fourth-order valence-corrected chi connectivity index (χ4v) is 2.93. The Morgan fingerprint density at radius 3 is 2.64 bits per heavy atom. The highest BCUT2D eigenvalue weighted by atomic mass is 19.1. The smallest absolute Gasteiger partial charge is 0.241 e. The second kappa shape index (κ2) is 7.76. The van der Waals surface area contributed by atoms with Crippen molar-refractivity contribution >= 4 is 11.6 Å². The van der Waals surface area contributed by atoms with Gasteiger partial charge >= 0.3 is 0 Å². The van der Waals surface area contributed by atoms with Crippen molar-refractivity contribution in [2.45, 2.75) is 19.5 Å². The molecule has 1 saturated heterocycles. The fourth-order valence-electron chi connectivity index (χ4n) is 2.93. The highest BCUT2D eigenvalue weighted by Gasteiger charge is 2.26. The SMILES string of the molecule is C[C@@H](C(=O)Nc1ccc(F)cc1F)N1CCN(Cc2ccco2)CC1. The van der Waals surface area contributed by atoms with E-state index in [0.29, 0.717) is 0 Å². The molecule has 1 amide bonds. The number of hydrogen-bond acceptors (Lipinski definition) is 4. The van der Waals surface area contributed by atoms with Gasteiger partial charge in [-0.3, -0.25) is 14.6 Å². The molecule has 3 rings (SSSR count). The van der Waals surface area contributed by atoms with Gasteiger partial charge in [-0.05, 0) is 31.2 Å². The summed E-state index contributed by atoms with van der Waals surface area (Å²) in [6.45, 7) is 5.66. The van der Waals surface area contributed by atoms with E-state index in [-0.39, 0.29) is 11.6 Å². The van der Waals surface area contributed by atoms with Gasteiger partial charge in [0.15, 0.2) is 0 Å². The molecule has 1 aliphatic rings. The van der Waals surface area contributed by atoms with Gasteiger partial charge < -0.3 is 9.73 Å². The van der Waals surface area contributed by atoms with E-state index in [1.54, 1.807) is 13.2 Å². The number of furan rings is 1. The van der Waals surface area contributed by atoms with Gasteiger partial charge in [0.25, 0.3) is 0 Å². The van der Waals surface area contributed by atoms with Crippen molar-refractivity contribution in [3.8, 4) is 0 Å². The molecular weight excluding hydrogens is 328 g/mol. The van der Waals surface area contributed by atoms with Crippen molar-refractivity contribution in [2.24, 2.45) is 0 Å². The maximum atomic E-state index is 13.7. The van der Waals surface area contributed by atoms with Gasteiger partial charge in [0.1, 0.15) is 17.4 Å². The number of carbonyl (C=O) groups is 1. The topological polar surface area (TPSA) is 48.7 Å². The number of benzene rings is 1. The van der Waals surface area contributed by atoms with Crippen molar-refractivity contribution in [3.05, 3.63) is 54.0 Å². The van der Waals surface area contributed by atoms with Crippen molar-refractivity contribution in [1.29, 1.82) is 0 Å². The first-order valence-corrected chi connectivity index (χ1v) is 8.27. The van der Waals surface area contributed by atoms with Crippen molar-refractivity contribution in [2.75, 3.05) is 31.5 Å². The van der Waals surface area contributed by atoms with E-state index in [4.69, 9.17) is 4.42 Å². The summed E-state index contributed by atoms with van der Waals surface area (Å²) in [6.07, 6.45) is 1.66. The Hall–Kier alpha value is -2.25. The molecular formula is C18H21F2N3O2. The molecule has 0 saturated carbocycles. The third-order valence-electron chi connectivity index (χ3n) is 4.48. The lowest BCUT2D eigenvalue weighted by Crippen LogP contribution is -2.52. The van der Waals surface area contributed by atoms with Crippen LogP contribution >= 0.6 is 0 Å². The Labute approximate surface area is 145 Å². The summed E-state index contributed by atoms with van der Waals surface area (Å²) < 4.78 is 32.0. The van der Waals surface area contributed by atoms with Crippen LogP contribution in [-0.2, 0) is 11.3 Å². The predicted octanol–water partition coefficient (Wildman–Crippen LogP) is 2.70. The highest BCUT2D eigenvalue weighted by molar-refractivity contribution is 5.94. The van der Waals surface area contributed by atoms with Crippen LogP contribution in [0, 0.1) is 11.6 Å². The van der Waals surface area contributed by atoms with E-state index >= 15 is 0 Å². The lowest BCUT2D eigenvalue weighted by molar-refractivity contribution is -0.121. The molecule has 1 aromatic heterocycles. The molecule has 0 spiro atoms. The molecule has 25 heavy (non-hydrogen) atoms. The summed E-state index contributed by atoms with van der Waals surface area (Å²) in [7, 11) is 0. The number of nitrogens with zero attached hydrogens (tertiary/aromatic N) is 2. The molecule has 2 aromatic rings. The fraction of sp³-hybridized carbons (Fsp3) is 0.389. The van der Waals surface area contributed by atoms with Gasteiger partial charge in [-0.2, -0.15) is 0 Å². The van der Waals surface area contributed by atoms with E-state index in [9.17, 15) is 13.6 Å². The van der Waals surface area contributed by atoms with Gasteiger partial charge in [0.2, 0.25) is 5.91 Å². The molecule has 5 nitrogen and oxygen atoms in total. The second-order valence-corrected chi connectivity index (χ2v) is 6.18. The number of rotatable bonds is 5. The van der Waals surface area contributed by atoms with Crippen LogP contribution < -0.4 is 5.32 Å². The zero-order valence-corrected chi connectivity index (χ0v) is 14.0. The highest BCUT2D eigenvalue weighted by Crippen LogP contribution is 2.17. The van der Waals surface area contributed by atoms with E-state index in [1.165, 1.54) is 6.07 Å². The maximum Gasteiger partial charge on any atom is 0.241 e. The number of anilines is 1. The normalized spacial score (nSPS) is 17.4. The Balaban J connectivity index is 1.51. The van der Waals surface area contributed by atoms with E-state index in [2.05, 4.69) is 15.1 Å². The molecule has 1 aromatic carbocycles. The first-order valence-electron chi connectivity index (χ1n) is 8.27. The van der Waals surface area contributed by atoms with Crippen molar-refractivity contribution in [1.82, 2.24) is 9.80 Å². The molecule has 1 aliphatic heterocycles. The summed E-state index contributed by atoms with van der Waals surface area (Å²) in [4.78, 5) is 16.7. The molecule has 134 valence electrons. The number of amides is 1. The molecule has 1 atom stereocenters. The average molecular weight is 349 g/mol. The number of carbonyl (C=O) groups excluding carboxylic acids is 1. The van der Waals surface area contributed by atoms with Crippen LogP contribution in [-0.4, -0.2) is 47.9 Å². The second-order valence-electron chi connectivity index (χ2n) is 6.18. The van der Waals surface area contributed by atoms with Gasteiger partial charge in [-0.1, -0.05) is 0 Å². The lowest BCUT2D eigenvalue weighted by atomic mass is 10.2. The van der Waals surface area contributed by atoms with Crippen LogP contribution in [0.15, 0.2) is 41.0 Å².